The predicted octanol–water partition coefficient (Wildman–Crippen LogP) is -0.119. The summed E-state index contributed by atoms with van der Waals surface area (Å²) < 4.78 is 48.1. The van der Waals surface area contributed by atoms with E-state index in [2.05, 4.69) is 4.72 Å². The van der Waals surface area contributed by atoms with Crippen LogP contribution >= 0.6 is 0 Å². The first-order valence-electron chi connectivity index (χ1n) is 8.84. The van der Waals surface area contributed by atoms with Gasteiger partial charge in [-0.1, -0.05) is 0 Å². The van der Waals surface area contributed by atoms with Gasteiger partial charge in [-0.05, 0) is 30.7 Å². The minimum Gasteiger partial charge on any atom is -0.399 e. The zero-order valence-corrected chi connectivity index (χ0v) is 16.6. The first-order chi connectivity index (χ1) is 13.0. The summed E-state index contributed by atoms with van der Waals surface area (Å²) in [4.78, 5) is 0.216. The van der Waals surface area contributed by atoms with E-state index in [1.54, 1.807) is 19.1 Å². The molecule has 0 saturated heterocycles. The second-order valence-electron chi connectivity index (χ2n) is 5.66. The maximum atomic E-state index is 12.2. The number of nitrogens with one attached hydrogen (secondary N) is 1. The summed E-state index contributed by atoms with van der Waals surface area (Å²) in [6.45, 7) is 5.94. The second-order valence-corrected chi connectivity index (χ2v) is 7.40. The van der Waals surface area contributed by atoms with Crippen molar-refractivity contribution in [2.24, 2.45) is 5.73 Å². The Bertz CT molecular complexity index is 627. The largest absolute Gasteiger partial charge is 0.399 e. The molecular formula is C17H31N3O6S. The number of ether oxygens (including phenoxy) is 4. The van der Waals surface area contributed by atoms with E-state index >= 15 is 0 Å². The fourth-order valence-electron chi connectivity index (χ4n) is 2.15. The van der Waals surface area contributed by atoms with Crippen LogP contribution in [0.5, 0.6) is 0 Å². The molecule has 27 heavy (non-hydrogen) atoms. The molecule has 0 aliphatic heterocycles. The Morgan fingerprint density at radius 3 is 1.93 bits per heavy atom. The van der Waals surface area contributed by atoms with Crippen LogP contribution in [0, 0.1) is 6.92 Å². The van der Waals surface area contributed by atoms with E-state index < -0.39 is 10.0 Å². The van der Waals surface area contributed by atoms with Gasteiger partial charge in [0.15, 0.2) is 0 Å². The number of nitrogens with two attached hydrogens (primary N) is 2. The minimum atomic E-state index is -3.57. The van der Waals surface area contributed by atoms with Crippen molar-refractivity contribution < 1.29 is 27.4 Å². The SMILES string of the molecule is Cc1cc(N)ccc1S(=O)(=O)NCCOCCOCCOCCOCCN. The lowest BCUT2D eigenvalue weighted by molar-refractivity contribution is -0.000345. The molecule has 0 fully saturated rings. The van der Waals surface area contributed by atoms with E-state index in [1.165, 1.54) is 6.07 Å². The number of rotatable bonds is 16. The molecule has 0 heterocycles. The van der Waals surface area contributed by atoms with Crippen molar-refractivity contribution in [1.82, 2.24) is 4.72 Å². The molecule has 0 aliphatic rings. The first-order valence-corrected chi connectivity index (χ1v) is 10.3. The van der Waals surface area contributed by atoms with E-state index in [0.29, 0.717) is 64.0 Å². The molecule has 0 aliphatic carbocycles. The van der Waals surface area contributed by atoms with Gasteiger partial charge < -0.3 is 30.4 Å². The van der Waals surface area contributed by atoms with Crippen molar-refractivity contribution in [1.29, 1.82) is 0 Å². The lowest BCUT2D eigenvalue weighted by Gasteiger charge is -2.10. The van der Waals surface area contributed by atoms with Gasteiger partial charge in [-0.15, -0.1) is 0 Å². The number of benzene rings is 1. The summed E-state index contributed by atoms with van der Waals surface area (Å²) in [7, 11) is -3.57. The lowest BCUT2D eigenvalue weighted by atomic mass is 10.2. The van der Waals surface area contributed by atoms with Gasteiger partial charge in [-0.2, -0.15) is 0 Å². The van der Waals surface area contributed by atoms with Crippen molar-refractivity contribution in [2.75, 3.05) is 71.7 Å². The lowest BCUT2D eigenvalue weighted by Crippen LogP contribution is -2.28. The van der Waals surface area contributed by atoms with E-state index in [1.807, 2.05) is 0 Å². The average Bonchev–Trinajstić information content (AvgIpc) is 2.61. The Morgan fingerprint density at radius 2 is 1.41 bits per heavy atom. The number of hydrogen-bond donors (Lipinski definition) is 3. The van der Waals surface area contributed by atoms with Crippen molar-refractivity contribution in [2.45, 2.75) is 11.8 Å². The van der Waals surface area contributed by atoms with Crippen LogP contribution in [0.25, 0.3) is 0 Å². The van der Waals surface area contributed by atoms with Crippen LogP contribution in [0.4, 0.5) is 5.69 Å². The van der Waals surface area contributed by atoms with E-state index in [0.717, 1.165) is 0 Å². The maximum Gasteiger partial charge on any atom is 0.240 e. The molecule has 0 unspecified atom stereocenters. The van der Waals surface area contributed by atoms with Crippen LogP contribution in [0.1, 0.15) is 5.56 Å². The van der Waals surface area contributed by atoms with Gasteiger partial charge in [0.2, 0.25) is 10.0 Å². The van der Waals surface area contributed by atoms with Gasteiger partial charge in [-0.25, -0.2) is 13.1 Å². The molecule has 1 rings (SSSR count). The molecule has 0 aromatic heterocycles. The highest BCUT2D eigenvalue weighted by atomic mass is 32.2. The molecular weight excluding hydrogens is 374 g/mol. The average molecular weight is 406 g/mol. The summed E-state index contributed by atoms with van der Waals surface area (Å²) in [5.41, 5.74) is 12.1. The second kappa shape index (κ2) is 13.8. The smallest absolute Gasteiger partial charge is 0.240 e. The van der Waals surface area contributed by atoms with Crippen molar-refractivity contribution in [3.05, 3.63) is 23.8 Å². The molecule has 1 aromatic carbocycles. The van der Waals surface area contributed by atoms with E-state index in [-0.39, 0.29) is 18.0 Å². The molecule has 1 aromatic rings. The van der Waals surface area contributed by atoms with Crippen LogP contribution in [0.15, 0.2) is 23.1 Å². The van der Waals surface area contributed by atoms with Crippen LogP contribution in [0.2, 0.25) is 0 Å². The molecule has 0 amide bonds. The zero-order valence-electron chi connectivity index (χ0n) is 15.8. The molecule has 156 valence electrons. The molecule has 0 spiro atoms. The summed E-state index contributed by atoms with van der Waals surface area (Å²) >= 11 is 0. The molecule has 5 N–H and O–H groups in total. The molecule has 9 nitrogen and oxygen atoms in total. The quantitative estimate of drug-likeness (QED) is 0.256. The Kier molecular flexibility index (Phi) is 12.2. The number of anilines is 1. The van der Waals surface area contributed by atoms with Gasteiger partial charge in [0.25, 0.3) is 0 Å². The standard InChI is InChI=1S/C17H31N3O6S/c1-15-14-16(19)2-3-17(15)27(21,22)20-5-7-24-9-11-26-13-12-25-10-8-23-6-4-18/h2-3,14,20H,4-13,18-19H2,1H3. The van der Waals surface area contributed by atoms with Gasteiger partial charge in [0.1, 0.15) is 0 Å². The number of nitrogen functional groups attached to an aromatic ring is 1. The molecule has 0 atom stereocenters. The Labute approximate surface area is 161 Å². The van der Waals surface area contributed by atoms with E-state index in [9.17, 15) is 8.42 Å². The van der Waals surface area contributed by atoms with Gasteiger partial charge in [0, 0.05) is 18.8 Å². The Morgan fingerprint density at radius 1 is 0.889 bits per heavy atom. The normalized spacial score (nSPS) is 11.8. The fraction of sp³-hybridized carbons (Fsp3) is 0.647. The van der Waals surface area contributed by atoms with E-state index in [4.69, 9.17) is 30.4 Å². The van der Waals surface area contributed by atoms with Crippen LogP contribution < -0.4 is 16.2 Å². The Hall–Kier alpha value is -1.27. The summed E-state index contributed by atoms with van der Waals surface area (Å²) in [5, 5.41) is 0. The van der Waals surface area contributed by atoms with Crippen LogP contribution in [0.3, 0.4) is 0 Å². The Balaban J connectivity index is 2.01. The first kappa shape index (κ1) is 23.8. The van der Waals surface area contributed by atoms with Gasteiger partial charge in [0.05, 0.1) is 57.8 Å². The predicted molar refractivity (Wildman–Crippen MR) is 103 cm³/mol. The highest BCUT2D eigenvalue weighted by Gasteiger charge is 2.15. The highest BCUT2D eigenvalue weighted by Crippen LogP contribution is 2.17. The third kappa shape index (κ3) is 10.6. The van der Waals surface area contributed by atoms with Crippen molar-refractivity contribution in [3.63, 3.8) is 0 Å². The highest BCUT2D eigenvalue weighted by molar-refractivity contribution is 7.89. The van der Waals surface area contributed by atoms with Crippen LogP contribution in [-0.2, 0) is 29.0 Å². The van der Waals surface area contributed by atoms with Crippen molar-refractivity contribution in [3.8, 4) is 0 Å². The summed E-state index contributed by atoms with van der Waals surface area (Å²) in [6.07, 6.45) is 0. The number of hydrogen-bond acceptors (Lipinski definition) is 8. The summed E-state index contributed by atoms with van der Waals surface area (Å²) in [6, 6.07) is 4.68. The molecule has 0 saturated carbocycles. The third-order valence-corrected chi connectivity index (χ3v) is 5.03. The topological polar surface area (TPSA) is 135 Å². The zero-order chi connectivity index (χ0) is 20.0. The molecule has 10 heteroatoms. The minimum absolute atomic E-state index is 0.179. The van der Waals surface area contributed by atoms with Crippen LogP contribution in [-0.4, -0.2) is 74.4 Å². The monoisotopic (exact) mass is 405 g/mol. The summed E-state index contributed by atoms with van der Waals surface area (Å²) in [5.74, 6) is 0. The molecule has 0 radical (unpaired) electrons. The third-order valence-electron chi connectivity index (χ3n) is 3.41. The molecule has 0 bridgehead atoms. The maximum absolute atomic E-state index is 12.2. The van der Waals surface area contributed by atoms with Gasteiger partial charge >= 0.3 is 0 Å². The fourth-order valence-corrected chi connectivity index (χ4v) is 3.38. The van der Waals surface area contributed by atoms with Gasteiger partial charge in [-0.3, -0.25) is 0 Å². The van der Waals surface area contributed by atoms with Crippen molar-refractivity contribution >= 4 is 15.7 Å². The number of aryl methyl sites for hydroxylation is 1. The number of sulfonamides is 1.